The predicted molar refractivity (Wildman–Crippen MR) is 119 cm³/mol. The molecule has 2 aromatic rings. The summed E-state index contributed by atoms with van der Waals surface area (Å²) in [7, 11) is -0.672. The van der Waals surface area contributed by atoms with Crippen LogP contribution in [0.4, 0.5) is 0 Å². The Balaban J connectivity index is 1.79. The molecule has 7 nitrogen and oxygen atoms in total. The number of carbonyl (C=O) groups is 1. The maximum Gasteiger partial charge on any atom is 0.325 e. The molecule has 0 amide bonds. The monoisotopic (exact) mass is 447 g/mol. The van der Waals surface area contributed by atoms with Crippen molar-refractivity contribution >= 4 is 16.0 Å². The highest BCUT2D eigenvalue weighted by Crippen LogP contribution is 2.38. The molecule has 31 heavy (non-hydrogen) atoms. The molecule has 0 aromatic heterocycles. The van der Waals surface area contributed by atoms with Gasteiger partial charge in [0.25, 0.3) is 0 Å². The minimum atomic E-state index is -3.93. The number of sulfonamides is 1. The van der Waals surface area contributed by atoms with Gasteiger partial charge in [-0.1, -0.05) is 24.3 Å². The van der Waals surface area contributed by atoms with Crippen molar-refractivity contribution < 1.29 is 27.8 Å². The zero-order chi connectivity index (χ0) is 22.8. The largest absolute Gasteiger partial charge is 0.497 e. The van der Waals surface area contributed by atoms with Crippen molar-refractivity contribution in [2.24, 2.45) is 0 Å². The Morgan fingerprint density at radius 3 is 2.32 bits per heavy atom. The van der Waals surface area contributed by atoms with Gasteiger partial charge < -0.3 is 14.6 Å². The van der Waals surface area contributed by atoms with Crippen LogP contribution in [0.15, 0.2) is 42.5 Å². The van der Waals surface area contributed by atoms with Crippen LogP contribution in [-0.2, 0) is 14.8 Å². The van der Waals surface area contributed by atoms with Crippen LogP contribution < -0.4 is 9.47 Å². The van der Waals surface area contributed by atoms with Crippen LogP contribution in [0.25, 0.3) is 11.1 Å². The summed E-state index contributed by atoms with van der Waals surface area (Å²) in [5.41, 5.74) is 3.02. The van der Waals surface area contributed by atoms with Gasteiger partial charge in [0.2, 0.25) is 10.0 Å². The molecule has 0 unspecified atom stereocenters. The zero-order valence-electron chi connectivity index (χ0n) is 18.3. The first-order valence-electron chi connectivity index (χ1n) is 10.2. The molecule has 168 valence electrons. The first-order chi connectivity index (χ1) is 14.6. The molecule has 1 fully saturated rings. The maximum absolute atomic E-state index is 12.8. The van der Waals surface area contributed by atoms with Gasteiger partial charge in [-0.15, -0.1) is 0 Å². The highest BCUT2D eigenvalue weighted by Gasteiger charge is 2.46. The van der Waals surface area contributed by atoms with Gasteiger partial charge in [-0.2, -0.15) is 0 Å². The lowest BCUT2D eigenvalue weighted by Crippen LogP contribution is -2.51. The van der Waals surface area contributed by atoms with Gasteiger partial charge in [-0.25, -0.2) is 12.7 Å². The number of hydrogen-bond acceptors (Lipinski definition) is 5. The zero-order valence-corrected chi connectivity index (χ0v) is 19.1. The molecule has 0 bridgehead atoms. The van der Waals surface area contributed by atoms with E-state index in [4.69, 9.17) is 9.47 Å². The number of carboxylic acid groups (broad SMARTS) is 1. The van der Waals surface area contributed by atoms with E-state index in [9.17, 15) is 18.3 Å². The minimum absolute atomic E-state index is 0.174. The third-order valence-electron chi connectivity index (χ3n) is 6.03. The van der Waals surface area contributed by atoms with E-state index in [2.05, 4.69) is 0 Å². The van der Waals surface area contributed by atoms with E-state index in [1.807, 2.05) is 42.5 Å². The summed E-state index contributed by atoms with van der Waals surface area (Å²) >= 11 is 0. The summed E-state index contributed by atoms with van der Waals surface area (Å²) in [5, 5.41) is 9.32. The minimum Gasteiger partial charge on any atom is -0.497 e. The number of piperidine rings is 1. The van der Waals surface area contributed by atoms with Crippen molar-refractivity contribution in [1.82, 2.24) is 4.31 Å². The highest BCUT2D eigenvalue weighted by molar-refractivity contribution is 7.91. The van der Waals surface area contributed by atoms with E-state index in [-0.39, 0.29) is 5.92 Å². The standard InChI is InChI=1S/C23H29NO6S/c1-23(2,22(25)26)31(27,28)24-12-10-16(11-13-24)17-8-9-20(21(15-17)30-4)18-6-5-7-19(14-18)29-3/h5-9,14-16H,10-13H2,1-4H3,(H,25,26). The third-order valence-corrected chi connectivity index (χ3v) is 8.54. The lowest BCUT2D eigenvalue weighted by Gasteiger charge is -2.35. The van der Waals surface area contributed by atoms with E-state index >= 15 is 0 Å². The first-order valence-corrected chi connectivity index (χ1v) is 11.6. The van der Waals surface area contributed by atoms with Crippen LogP contribution in [-0.4, -0.2) is 55.9 Å². The number of benzene rings is 2. The Hall–Kier alpha value is -2.58. The van der Waals surface area contributed by atoms with E-state index in [0.717, 1.165) is 28.2 Å². The van der Waals surface area contributed by atoms with Gasteiger partial charge in [0, 0.05) is 18.7 Å². The normalized spacial score (nSPS) is 16.1. The fourth-order valence-electron chi connectivity index (χ4n) is 3.85. The summed E-state index contributed by atoms with van der Waals surface area (Å²) in [6.07, 6.45) is 1.24. The molecule has 3 rings (SSSR count). The lowest BCUT2D eigenvalue weighted by molar-refractivity contribution is -0.139. The fourth-order valence-corrected chi connectivity index (χ4v) is 5.41. The topological polar surface area (TPSA) is 93.1 Å². The molecule has 0 aliphatic carbocycles. The van der Waals surface area contributed by atoms with Crippen molar-refractivity contribution in [2.45, 2.75) is 37.4 Å². The average Bonchev–Trinajstić information content (AvgIpc) is 2.78. The van der Waals surface area contributed by atoms with Crippen molar-refractivity contribution in [2.75, 3.05) is 27.3 Å². The van der Waals surface area contributed by atoms with Crippen LogP contribution in [0, 0.1) is 0 Å². The summed E-state index contributed by atoms with van der Waals surface area (Å²) in [4.78, 5) is 11.4. The van der Waals surface area contributed by atoms with Crippen molar-refractivity contribution in [3.8, 4) is 22.6 Å². The van der Waals surface area contributed by atoms with Crippen LogP contribution in [0.5, 0.6) is 11.5 Å². The molecule has 1 N–H and O–H groups in total. The molecular formula is C23H29NO6S. The van der Waals surface area contributed by atoms with Crippen molar-refractivity contribution in [1.29, 1.82) is 0 Å². The Morgan fingerprint density at radius 2 is 1.74 bits per heavy atom. The molecule has 0 atom stereocenters. The van der Waals surface area contributed by atoms with Crippen molar-refractivity contribution in [3.63, 3.8) is 0 Å². The van der Waals surface area contributed by atoms with Gasteiger partial charge in [0.05, 0.1) is 14.2 Å². The second kappa shape index (κ2) is 8.88. The molecule has 1 heterocycles. The number of nitrogens with zero attached hydrogens (tertiary/aromatic N) is 1. The second-order valence-electron chi connectivity index (χ2n) is 8.19. The van der Waals surface area contributed by atoms with Crippen molar-refractivity contribution in [3.05, 3.63) is 48.0 Å². The highest BCUT2D eigenvalue weighted by atomic mass is 32.2. The quantitative estimate of drug-likeness (QED) is 0.695. The Morgan fingerprint density at radius 1 is 1.06 bits per heavy atom. The van der Waals surface area contributed by atoms with Gasteiger partial charge in [0.15, 0.2) is 4.75 Å². The molecular weight excluding hydrogens is 418 g/mol. The molecule has 0 saturated carbocycles. The van der Waals surface area contributed by atoms with Crippen LogP contribution in [0.3, 0.4) is 0 Å². The van der Waals surface area contributed by atoms with Crippen LogP contribution in [0.1, 0.15) is 38.2 Å². The number of ether oxygens (including phenoxy) is 2. The maximum atomic E-state index is 12.8. The smallest absolute Gasteiger partial charge is 0.325 e. The lowest BCUT2D eigenvalue weighted by atomic mass is 9.89. The first kappa shape index (κ1) is 23.1. The van der Waals surface area contributed by atoms with Crippen LogP contribution >= 0.6 is 0 Å². The Kier molecular flexibility index (Phi) is 6.62. The summed E-state index contributed by atoms with van der Waals surface area (Å²) in [5.74, 6) is 0.342. The summed E-state index contributed by atoms with van der Waals surface area (Å²) in [6.45, 7) is 3.06. The van der Waals surface area contributed by atoms with E-state index in [0.29, 0.717) is 25.9 Å². The fraction of sp³-hybridized carbons (Fsp3) is 0.435. The van der Waals surface area contributed by atoms with Gasteiger partial charge in [-0.05, 0) is 61.9 Å². The second-order valence-corrected chi connectivity index (χ2v) is 10.7. The predicted octanol–water partition coefficient (Wildman–Crippen LogP) is 3.74. The number of rotatable bonds is 7. The summed E-state index contributed by atoms with van der Waals surface area (Å²) in [6, 6.07) is 13.8. The molecule has 2 aromatic carbocycles. The molecule has 0 radical (unpaired) electrons. The number of aliphatic carboxylic acids is 1. The van der Waals surface area contributed by atoms with E-state index < -0.39 is 20.7 Å². The van der Waals surface area contributed by atoms with E-state index in [1.54, 1.807) is 14.2 Å². The van der Waals surface area contributed by atoms with Gasteiger partial charge in [0.1, 0.15) is 11.5 Å². The molecule has 1 saturated heterocycles. The molecule has 0 spiro atoms. The number of hydrogen-bond donors (Lipinski definition) is 1. The van der Waals surface area contributed by atoms with Gasteiger partial charge >= 0.3 is 5.97 Å². The average molecular weight is 448 g/mol. The number of carboxylic acids is 1. The molecule has 1 aliphatic heterocycles. The Bertz CT molecular complexity index is 1060. The number of methoxy groups -OCH3 is 2. The third kappa shape index (κ3) is 4.41. The van der Waals surface area contributed by atoms with Crippen LogP contribution in [0.2, 0.25) is 0 Å². The SMILES string of the molecule is COc1cccc(-c2ccc(C3CCN(S(=O)(=O)C(C)(C)C(=O)O)CC3)cc2OC)c1. The van der Waals surface area contributed by atoms with E-state index in [1.165, 1.54) is 18.2 Å². The van der Waals surface area contributed by atoms with Gasteiger partial charge in [-0.3, -0.25) is 4.79 Å². The Labute approximate surface area is 183 Å². The molecule has 8 heteroatoms. The summed E-state index contributed by atoms with van der Waals surface area (Å²) < 4.78 is 35.9. The molecule has 1 aliphatic rings.